The Bertz CT molecular complexity index is 297. The molecule has 1 unspecified atom stereocenters. The van der Waals surface area contributed by atoms with Gasteiger partial charge in [-0.15, -0.1) is 0 Å². The Labute approximate surface area is 91.9 Å². The van der Waals surface area contributed by atoms with Crippen LogP contribution >= 0.6 is 0 Å². The van der Waals surface area contributed by atoms with Crippen molar-refractivity contribution < 1.29 is 4.74 Å². The average molecular weight is 205 g/mol. The molecule has 1 saturated heterocycles. The Hall–Kier alpha value is -1.02. The normalized spacial score (nSPS) is 24.2. The summed E-state index contributed by atoms with van der Waals surface area (Å²) in [5.41, 5.74) is 0. The van der Waals surface area contributed by atoms with E-state index < -0.39 is 0 Å². The molecular weight excluding hydrogens is 186 g/mol. The largest absolute Gasteiger partial charge is 0.492 e. The lowest BCUT2D eigenvalue weighted by Crippen LogP contribution is -2.15. The monoisotopic (exact) mass is 205 g/mol. The number of hydrogen-bond donors (Lipinski definition) is 0. The molecule has 0 bridgehead atoms. The topological polar surface area (TPSA) is 12.2 Å². The minimum atomic E-state index is 0.779. The minimum Gasteiger partial charge on any atom is -0.492 e. The predicted octanol–water partition coefficient (Wildman–Crippen LogP) is 2.41. The van der Waals surface area contributed by atoms with Crippen LogP contribution in [0.25, 0.3) is 0 Å². The van der Waals surface area contributed by atoms with Gasteiger partial charge in [-0.1, -0.05) is 32.0 Å². The van der Waals surface area contributed by atoms with Crippen molar-refractivity contribution in [2.75, 3.05) is 19.7 Å². The molecule has 1 aliphatic heterocycles. The average Bonchev–Trinajstić information content (AvgIpc) is 2.99. The van der Waals surface area contributed by atoms with Crippen molar-refractivity contribution in [2.45, 2.75) is 19.9 Å². The first kappa shape index (κ1) is 10.5. The van der Waals surface area contributed by atoms with Crippen LogP contribution < -0.4 is 4.74 Å². The zero-order chi connectivity index (χ0) is 10.7. The standard InChI is InChI=1S/C13H19NO/c1-11(2)13-10-14(13)8-9-15-12-6-4-3-5-7-12/h3-7,11,13H,8-10H2,1-2H3/t13-,14?/m0/s1. The van der Waals surface area contributed by atoms with Gasteiger partial charge in [0, 0.05) is 19.1 Å². The number of hydrogen-bond acceptors (Lipinski definition) is 2. The van der Waals surface area contributed by atoms with Crippen LogP contribution in [0.15, 0.2) is 30.3 Å². The van der Waals surface area contributed by atoms with Crippen LogP contribution in [-0.2, 0) is 0 Å². The Kier molecular flexibility index (Phi) is 3.27. The summed E-state index contributed by atoms with van der Waals surface area (Å²) in [6, 6.07) is 10.8. The number of rotatable bonds is 5. The smallest absolute Gasteiger partial charge is 0.119 e. The SMILES string of the molecule is CC(C)[C@@H]1CN1CCOc1ccccc1. The van der Waals surface area contributed by atoms with E-state index in [4.69, 9.17) is 4.74 Å². The van der Waals surface area contributed by atoms with E-state index in [9.17, 15) is 0 Å². The summed E-state index contributed by atoms with van der Waals surface area (Å²) >= 11 is 0. The molecule has 0 spiro atoms. The molecule has 0 aromatic heterocycles. The molecule has 2 atom stereocenters. The molecule has 1 heterocycles. The summed E-state index contributed by atoms with van der Waals surface area (Å²) in [6.07, 6.45) is 0. The molecular formula is C13H19NO. The molecule has 2 rings (SSSR count). The van der Waals surface area contributed by atoms with E-state index in [1.54, 1.807) is 0 Å². The van der Waals surface area contributed by atoms with Gasteiger partial charge in [0.15, 0.2) is 0 Å². The number of ether oxygens (including phenoxy) is 1. The highest BCUT2D eigenvalue weighted by atomic mass is 16.5. The van der Waals surface area contributed by atoms with Crippen LogP contribution in [0, 0.1) is 5.92 Å². The fourth-order valence-electron chi connectivity index (χ4n) is 1.88. The first-order chi connectivity index (χ1) is 7.27. The zero-order valence-corrected chi connectivity index (χ0v) is 9.52. The van der Waals surface area contributed by atoms with Crippen LogP contribution in [0.1, 0.15) is 13.8 Å². The maximum atomic E-state index is 5.64. The molecule has 1 fully saturated rings. The molecule has 1 aromatic carbocycles. The van der Waals surface area contributed by atoms with E-state index in [1.165, 1.54) is 6.54 Å². The summed E-state index contributed by atoms with van der Waals surface area (Å²) in [7, 11) is 0. The lowest BCUT2D eigenvalue weighted by atomic mass is 10.1. The Morgan fingerprint density at radius 1 is 1.33 bits per heavy atom. The van der Waals surface area contributed by atoms with Gasteiger partial charge in [0.25, 0.3) is 0 Å². The minimum absolute atomic E-state index is 0.779. The van der Waals surface area contributed by atoms with Gasteiger partial charge in [-0.3, -0.25) is 4.90 Å². The van der Waals surface area contributed by atoms with Gasteiger partial charge in [0.1, 0.15) is 12.4 Å². The summed E-state index contributed by atoms with van der Waals surface area (Å²) in [5, 5.41) is 0. The molecule has 0 N–H and O–H groups in total. The molecule has 1 aromatic rings. The van der Waals surface area contributed by atoms with Gasteiger partial charge in [-0.25, -0.2) is 0 Å². The van der Waals surface area contributed by atoms with E-state index in [-0.39, 0.29) is 0 Å². The molecule has 1 aliphatic rings. The second-order valence-electron chi connectivity index (χ2n) is 4.47. The van der Waals surface area contributed by atoms with Crippen molar-refractivity contribution in [1.29, 1.82) is 0 Å². The van der Waals surface area contributed by atoms with Crippen LogP contribution in [0.4, 0.5) is 0 Å². The fourth-order valence-corrected chi connectivity index (χ4v) is 1.88. The lowest BCUT2D eigenvalue weighted by Gasteiger charge is -2.08. The maximum Gasteiger partial charge on any atom is 0.119 e. The van der Waals surface area contributed by atoms with Gasteiger partial charge in [-0.2, -0.15) is 0 Å². The summed E-state index contributed by atoms with van der Waals surface area (Å²) in [6.45, 7) is 7.66. The second kappa shape index (κ2) is 4.67. The Balaban J connectivity index is 1.65. The molecule has 2 heteroatoms. The first-order valence-corrected chi connectivity index (χ1v) is 5.69. The van der Waals surface area contributed by atoms with Gasteiger partial charge in [0.05, 0.1) is 0 Å². The fraction of sp³-hybridized carbons (Fsp3) is 0.538. The van der Waals surface area contributed by atoms with E-state index in [1.807, 2.05) is 30.3 Å². The molecule has 2 nitrogen and oxygen atoms in total. The highest BCUT2D eigenvalue weighted by Gasteiger charge is 2.35. The van der Waals surface area contributed by atoms with E-state index >= 15 is 0 Å². The second-order valence-corrected chi connectivity index (χ2v) is 4.47. The highest BCUT2D eigenvalue weighted by Crippen LogP contribution is 2.24. The third-order valence-corrected chi connectivity index (χ3v) is 2.92. The summed E-state index contributed by atoms with van der Waals surface area (Å²) < 4.78 is 5.64. The summed E-state index contributed by atoms with van der Waals surface area (Å²) in [5.74, 6) is 1.75. The first-order valence-electron chi connectivity index (χ1n) is 5.69. The third kappa shape index (κ3) is 2.96. The van der Waals surface area contributed by atoms with E-state index in [2.05, 4.69) is 18.7 Å². The maximum absolute atomic E-state index is 5.64. The number of para-hydroxylation sites is 1. The molecule has 0 saturated carbocycles. The van der Waals surface area contributed by atoms with Crippen molar-refractivity contribution >= 4 is 0 Å². The third-order valence-electron chi connectivity index (χ3n) is 2.92. The van der Waals surface area contributed by atoms with Gasteiger partial charge >= 0.3 is 0 Å². The van der Waals surface area contributed by atoms with Crippen LogP contribution in [0.5, 0.6) is 5.75 Å². The lowest BCUT2D eigenvalue weighted by molar-refractivity contribution is 0.279. The van der Waals surface area contributed by atoms with Crippen LogP contribution in [0.3, 0.4) is 0 Å². The number of nitrogens with zero attached hydrogens (tertiary/aromatic N) is 1. The molecule has 82 valence electrons. The van der Waals surface area contributed by atoms with Crippen molar-refractivity contribution in [2.24, 2.45) is 5.92 Å². The predicted molar refractivity (Wildman–Crippen MR) is 62.1 cm³/mol. The molecule has 15 heavy (non-hydrogen) atoms. The van der Waals surface area contributed by atoms with Crippen molar-refractivity contribution in [3.05, 3.63) is 30.3 Å². The van der Waals surface area contributed by atoms with Crippen molar-refractivity contribution in [3.63, 3.8) is 0 Å². The number of benzene rings is 1. The molecule has 0 radical (unpaired) electrons. The Morgan fingerprint density at radius 3 is 2.67 bits per heavy atom. The summed E-state index contributed by atoms with van der Waals surface area (Å²) in [4.78, 5) is 2.47. The quantitative estimate of drug-likeness (QED) is 0.684. The molecule has 0 aliphatic carbocycles. The van der Waals surface area contributed by atoms with Gasteiger partial charge < -0.3 is 4.74 Å². The molecule has 0 amide bonds. The van der Waals surface area contributed by atoms with Crippen molar-refractivity contribution in [1.82, 2.24) is 4.90 Å². The zero-order valence-electron chi connectivity index (χ0n) is 9.52. The van der Waals surface area contributed by atoms with Gasteiger partial charge in [-0.05, 0) is 18.1 Å². The Morgan fingerprint density at radius 2 is 2.07 bits per heavy atom. The van der Waals surface area contributed by atoms with Gasteiger partial charge in [0.2, 0.25) is 0 Å². The van der Waals surface area contributed by atoms with E-state index in [0.717, 1.165) is 30.9 Å². The van der Waals surface area contributed by atoms with Crippen LogP contribution in [-0.4, -0.2) is 30.6 Å². The van der Waals surface area contributed by atoms with Crippen LogP contribution in [0.2, 0.25) is 0 Å². The highest BCUT2D eigenvalue weighted by molar-refractivity contribution is 5.20. The van der Waals surface area contributed by atoms with E-state index in [0.29, 0.717) is 0 Å². The van der Waals surface area contributed by atoms with Crippen molar-refractivity contribution in [3.8, 4) is 5.75 Å².